The van der Waals surface area contributed by atoms with Crippen LogP contribution in [0.4, 0.5) is 5.69 Å². The Bertz CT molecular complexity index is 365. The van der Waals surface area contributed by atoms with E-state index in [1.54, 1.807) is 18.2 Å². The Morgan fingerprint density at radius 2 is 2.19 bits per heavy atom. The molecule has 0 heterocycles. The Balaban J connectivity index is 2.81. The summed E-state index contributed by atoms with van der Waals surface area (Å²) in [6, 6.07) is 4.96. The largest absolute Gasteiger partial charge is 0.496 e. The summed E-state index contributed by atoms with van der Waals surface area (Å²) < 4.78 is 14.8. The standard InChI is InChI=1S/C11H15NO4/c1-3-15-7-16-11(13)10-8(12)5-4-6-9(10)14-2/h4-6H,3,7,12H2,1-2H3. The van der Waals surface area contributed by atoms with Crippen LogP contribution < -0.4 is 10.5 Å². The minimum Gasteiger partial charge on any atom is -0.496 e. The van der Waals surface area contributed by atoms with E-state index in [1.807, 2.05) is 6.92 Å². The molecule has 0 amide bonds. The van der Waals surface area contributed by atoms with Gasteiger partial charge in [-0.1, -0.05) is 6.07 Å². The Hall–Kier alpha value is -1.75. The van der Waals surface area contributed by atoms with Crippen molar-refractivity contribution in [3.8, 4) is 5.75 Å². The van der Waals surface area contributed by atoms with Gasteiger partial charge in [-0.15, -0.1) is 0 Å². The first-order chi connectivity index (χ1) is 7.70. The van der Waals surface area contributed by atoms with Gasteiger partial charge >= 0.3 is 5.97 Å². The van der Waals surface area contributed by atoms with E-state index >= 15 is 0 Å². The van der Waals surface area contributed by atoms with Crippen molar-refractivity contribution < 1.29 is 19.0 Å². The lowest BCUT2D eigenvalue weighted by atomic mass is 10.1. The fourth-order valence-electron chi connectivity index (χ4n) is 1.19. The minimum absolute atomic E-state index is 0.0905. The molecule has 1 rings (SSSR count). The molecule has 0 saturated heterocycles. The molecule has 5 heteroatoms. The summed E-state index contributed by atoms with van der Waals surface area (Å²) in [4.78, 5) is 11.7. The van der Waals surface area contributed by atoms with Gasteiger partial charge in [0.15, 0.2) is 6.79 Å². The maximum Gasteiger partial charge on any atom is 0.346 e. The average Bonchev–Trinajstić information content (AvgIpc) is 2.28. The maximum absolute atomic E-state index is 11.7. The predicted octanol–water partition coefficient (Wildman–Crippen LogP) is 1.43. The van der Waals surface area contributed by atoms with Crippen molar-refractivity contribution in [3.05, 3.63) is 23.8 Å². The summed E-state index contributed by atoms with van der Waals surface area (Å²) in [7, 11) is 1.47. The molecule has 0 aliphatic carbocycles. The topological polar surface area (TPSA) is 70.8 Å². The van der Waals surface area contributed by atoms with Gasteiger partial charge in [-0.2, -0.15) is 0 Å². The number of methoxy groups -OCH3 is 1. The van der Waals surface area contributed by atoms with E-state index in [2.05, 4.69) is 0 Å². The van der Waals surface area contributed by atoms with Gasteiger partial charge in [-0.25, -0.2) is 4.79 Å². The Labute approximate surface area is 94.1 Å². The van der Waals surface area contributed by atoms with Crippen LogP contribution in [0.25, 0.3) is 0 Å². The molecule has 0 spiro atoms. The monoisotopic (exact) mass is 225 g/mol. The molecule has 5 nitrogen and oxygen atoms in total. The SMILES string of the molecule is CCOCOC(=O)c1c(N)cccc1OC. The molecular weight excluding hydrogens is 210 g/mol. The molecule has 0 bridgehead atoms. The number of carbonyl (C=O) groups excluding carboxylic acids is 1. The van der Waals surface area contributed by atoms with Crippen molar-refractivity contribution in [2.75, 3.05) is 26.2 Å². The van der Waals surface area contributed by atoms with Gasteiger partial charge in [0.05, 0.1) is 7.11 Å². The van der Waals surface area contributed by atoms with Gasteiger partial charge in [-0.3, -0.25) is 0 Å². The maximum atomic E-state index is 11.7. The van der Waals surface area contributed by atoms with Crippen LogP contribution >= 0.6 is 0 Å². The number of ether oxygens (including phenoxy) is 3. The molecule has 1 aromatic rings. The molecular formula is C11H15NO4. The van der Waals surface area contributed by atoms with Crippen LogP contribution in [0, 0.1) is 0 Å². The normalized spacial score (nSPS) is 9.88. The van der Waals surface area contributed by atoms with Crippen LogP contribution in [0.5, 0.6) is 5.75 Å². The Morgan fingerprint density at radius 3 is 2.81 bits per heavy atom. The highest BCUT2D eigenvalue weighted by atomic mass is 16.7. The van der Waals surface area contributed by atoms with Crippen LogP contribution in [0.1, 0.15) is 17.3 Å². The highest BCUT2D eigenvalue weighted by Gasteiger charge is 2.16. The summed E-state index contributed by atoms with van der Waals surface area (Å²) in [5, 5.41) is 0. The number of hydrogen-bond acceptors (Lipinski definition) is 5. The zero-order chi connectivity index (χ0) is 12.0. The van der Waals surface area contributed by atoms with Crippen molar-refractivity contribution >= 4 is 11.7 Å². The lowest BCUT2D eigenvalue weighted by Gasteiger charge is -2.10. The van der Waals surface area contributed by atoms with Crippen LogP contribution in [0.3, 0.4) is 0 Å². The van der Waals surface area contributed by atoms with E-state index in [9.17, 15) is 4.79 Å². The fourth-order valence-corrected chi connectivity index (χ4v) is 1.19. The van der Waals surface area contributed by atoms with Crippen molar-refractivity contribution in [2.45, 2.75) is 6.92 Å². The second-order valence-corrected chi connectivity index (χ2v) is 2.97. The van der Waals surface area contributed by atoms with Crippen LogP contribution in [0.15, 0.2) is 18.2 Å². The Kier molecular flexibility index (Phi) is 4.60. The molecule has 0 aliphatic rings. The number of benzene rings is 1. The van der Waals surface area contributed by atoms with Crippen LogP contribution in [0.2, 0.25) is 0 Å². The molecule has 2 N–H and O–H groups in total. The number of hydrogen-bond donors (Lipinski definition) is 1. The third-order valence-electron chi connectivity index (χ3n) is 1.96. The van der Waals surface area contributed by atoms with Gasteiger partial charge in [0.2, 0.25) is 0 Å². The van der Waals surface area contributed by atoms with Gasteiger partial charge in [0.1, 0.15) is 11.3 Å². The lowest BCUT2D eigenvalue weighted by molar-refractivity contribution is -0.0275. The molecule has 0 radical (unpaired) electrons. The zero-order valence-corrected chi connectivity index (χ0v) is 9.36. The van der Waals surface area contributed by atoms with E-state index in [0.29, 0.717) is 18.0 Å². The number of nitrogens with two attached hydrogens (primary N) is 1. The van der Waals surface area contributed by atoms with Gasteiger partial charge < -0.3 is 19.9 Å². The van der Waals surface area contributed by atoms with E-state index in [1.165, 1.54) is 7.11 Å². The second kappa shape index (κ2) is 5.97. The first-order valence-electron chi connectivity index (χ1n) is 4.88. The molecule has 88 valence electrons. The van der Waals surface area contributed by atoms with E-state index in [4.69, 9.17) is 19.9 Å². The van der Waals surface area contributed by atoms with E-state index in [-0.39, 0.29) is 12.4 Å². The number of nitrogen functional groups attached to an aromatic ring is 1. The van der Waals surface area contributed by atoms with Crippen LogP contribution in [-0.4, -0.2) is 26.5 Å². The molecule has 0 unspecified atom stereocenters. The Morgan fingerprint density at radius 1 is 1.44 bits per heavy atom. The van der Waals surface area contributed by atoms with Gasteiger partial charge in [-0.05, 0) is 19.1 Å². The van der Waals surface area contributed by atoms with E-state index in [0.717, 1.165) is 0 Å². The molecule has 16 heavy (non-hydrogen) atoms. The molecule has 0 aliphatic heterocycles. The third kappa shape index (κ3) is 2.87. The quantitative estimate of drug-likeness (QED) is 0.355. The van der Waals surface area contributed by atoms with Gasteiger partial charge in [0.25, 0.3) is 0 Å². The highest BCUT2D eigenvalue weighted by Crippen LogP contribution is 2.24. The van der Waals surface area contributed by atoms with Crippen molar-refractivity contribution in [2.24, 2.45) is 0 Å². The van der Waals surface area contributed by atoms with Crippen molar-refractivity contribution in [1.82, 2.24) is 0 Å². The molecule has 0 fully saturated rings. The summed E-state index contributed by atoms with van der Waals surface area (Å²) in [5.41, 5.74) is 6.23. The fraction of sp³-hybridized carbons (Fsp3) is 0.364. The lowest BCUT2D eigenvalue weighted by Crippen LogP contribution is -2.12. The van der Waals surface area contributed by atoms with Crippen LogP contribution in [-0.2, 0) is 9.47 Å². The third-order valence-corrected chi connectivity index (χ3v) is 1.96. The molecule has 0 saturated carbocycles. The smallest absolute Gasteiger partial charge is 0.346 e. The molecule has 0 aromatic heterocycles. The zero-order valence-electron chi connectivity index (χ0n) is 9.36. The number of esters is 1. The predicted molar refractivity (Wildman–Crippen MR) is 59.3 cm³/mol. The minimum atomic E-state index is -0.552. The number of carbonyl (C=O) groups is 1. The summed E-state index contributed by atoms with van der Waals surface area (Å²) in [6.45, 7) is 2.20. The highest BCUT2D eigenvalue weighted by molar-refractivity contribution is 5.98. The number of anilines is 1. The van der Waals surface area contributed by atoms with Crippen molar-refractivity contribution in [1.29, 1.82) is 0 Å². The van der Waals surface area contributed by atoms with E-state index < -0.39 is 5.97 Å². The summed E-state index contributed by atoms with van der Waals surface area (Å²) >= 11 is 0. The average molecular weight is 225 g/mol. The second-order valence-electron chi connectivity index (χ2n) is 2.97. The summed E-state index contributed by atoms with van der Waals surface area (Å²) in [5.74, 6) is -0.162. The van der Waals surface area contributed by atoms with Crippen molar-refractivity contribution in [3.63, 3.8) is 0 Å². The number of rotatable bonds is 5. The molecule has 1 aromatic carbocycles. The van der Waals surface area contributed by atoms with Gasteiger partial charge in [0, 0.05) is 12.3 Å². The molecule has 0 atom stereocenters. The first-order valence-corrected chi connectivity index (χ1v) is 4.88. The summed E-state index contributed by atoms with van der Waals surface area (Å²) in [6.07, 6.45) is 0. The first kappa shape index (κ1) is 12.3.